The lowest BCUT2D eigenvalue weighted by Gasteiger charge is -2.25. The molecular formula is C28H34N2O5S. The molecule has 0 radical (unpaired) electrons. The van der Waals surface area contributed by atoms with Gasteiger partial charge in [-0.1, -0.05) is 29.8 Å². The molecule has 0 heterocycles. The van der Waals surface area contributed by atoms with Gasteiger partial charge in [0.15, 0.2) is 11.5 Å². The molecule has 36 heavy (non-hydrogen) atoms. The number of rotatable bonds is 11. The largest absolute Gasteiger partial charge is 0.490 e. The van der Waals surface area contributed by atoms with Crippen LogP contribution in [0.1, 0.15) is 36.1 Å². The van der Waals surface area contributed by atoms with Crippen molar-refractivity contribution in [3.05, 3.63) is 82.9 Å². The highest BCUT2D eigenvalue weighted by Crippen LogP contribution is 2.29. The van der Waals surface area contributed by atoms with Crippen LogP contribution in [0.2, 0.25) is 0 Å². The Hall–Kier alpha value is -3.52. The van der Waals surface area contributed by atoms with E-state index >= 15 is 0 Å². The van der Waals surface area contributed by atoms with E-state index in [4.69, 9.17) is 9.47 Å². The first-order chi connectivity index (χ1) is 17.1. The predicted octanol–water partition coefficient (Wildman–Crippen LogP) is 4.92. The quantitative estimate of drug-likeness (QED) is 0.396. The first-order valence-corrected chi connectivity index (χ1v) is 13.4. The maximum absolute atomic E-state index is 13.6. The second kappa shape index (κ2) is 11.9. The highest BCUT2D eigenvalue weighted by Gasteiger charge is 2.27. The molecule has 0 atom stereocenters. The Bertz CT molecular complexity index is 1280. The number of carbonyl (C=O) groups excluding carboxylic acids is 1. The molecule has 3 aromatic rings. The Morgan fingerprint density at radius 1 is 0.806 bits per heavy atom. The zero-order valence-corrected chi connectivity index (χ0v) is 22.3. The predicted molar refractivity (Wildman–Crippen MR) is 142 cm³/mol. The van der Waals surface area contributed by atoms with Gasteiger partial charge < -0.3 is 14.8 Å². The van der Waals surface area contributed by atoms with Gasteiger partial charge in [-0.25, -0.2) is 8.42 Å². The van der Waals surface area contributed by atoms with Gasteiger partial charge in [0.2, 0.25) is 5.91 Å². The molecule has 0 unspecified atom stereocenters. The Morgan fingerprint density at radius 2 is 1.42 bits per heavy atom. The number of hydrogen-bond acceptors (Lipinski definition) is 5. The average Bonchev–Trinajstić information content (AvgIpc) is 2.82. The van der Waals surface area contributed by atoms with Crippen LogP contribution in [0.15, 0.2) is 65.6 Å². The molecule has 7 nitrogen and oxygen atoms in total. The van der Waals surface area contributed by atoms with E-state index in [1.807, 2.05) is 52.8 Å². The number of nitrogens with zero attached hydrogens (tertiary/aromatic N) is 1. The number of hydrogen-bond donors (Lipinski definition) is 1. The summed E-state index contributed by atoms with van der Waals surface area (Å²) in [6.45, 7) is 10.3. The van der Waals surface area contributed by atoms with Crippen molar-refractivity contribution in [3.8, 4) is 11.5 Å². The molecule has 1 N–H and O–H groups in total. The van der Waals surface area contributed by atoms with E-state index in [0.29, 0.717) is 30.4 Å². The Morgan fingerprint density at radius 3 is 2.03 bits per heavy atom. The Kier molecular flexibility index (Phi) is 8.98. The molecule has 0 bridgehead atoms. The molecule has 192 valence electrons. The van der Waals surface area contributed by atoms with E-state index in [9.17, 15) is 13.2 Å². The lowest BCUT2D eigenvalue weighted by molar-refractivity contribution is -0.119. The second-order valence-electron chi connectivity index (χ2n) is 8.59. The summed E-state index contributed by atoms with van der Waals surface area (Å²) in [4.78, 5) is 13.1. The number of nitrogens with one attached hydrogen (secondary N) is 1. The molecule has 0 saturated carbocycles. The van der Waals surface area contributed by atoms with Crippen LogP contribution < -0.4 is 19.1 Å². The van der Waals surface area contributed by atoms with Crippen LogP contribution in [-0.2, 0) is 21.4 Å². The van der Waals surface area contributed by atoms with Gasteiger partial charge in [-0.2, -0.15) is 0 Å². The minimum absolute atomic E-state index is 0.132. The minimum Gasteiger partial charge on any atom is -0.490 e. The Balaban J connectivity index is 1.84. The maximum atomic E-state index is 13.6. The second-order valence-corrected chi connectivity index (χ2v) is 10.5. The molecule has 8 heteroatoms. The lowest BCUT2D eigenvalue weighted by Crippen LogP contribution is -2.40. The van der Waals surface area contributed by atoms with Crippen molar-refractivity contribution in [1.29, 1.82) is 0 Å². The lowest BCUT2D eigenvalue weighted by atomic mass is 10.1. The summed E-state index contributed by atoms with van der Waals surface area (Å²) in [5, 5.41) is 2.84. The van der Waals surface area contributed by atoms with Gasteiger partial charge in [-0.15, -0.1) is 0 Å². The summed E-state index contributed by atoms with van der Waals surface area (Å²) >= 11 is 0. The molecule has 0 aromatic heterocycles. The topological polar surface area (TPSA) is 84.9 Å². The minimum atomic E-state index is -3.97. The van der Waals surface area contributed by atoms with Crippen molar-refractivity contribution < 1.29 is 22.7 Å². The van der Waals surface area contributed by atoms with Crippen molar-refractivity contribution in [3.63, 3.8) is 0 Å². The highest BCUT2D eigenvalue weighted by molar-refractivity contribution is 7.92. The standard InChI is InChI=1S/C28H34N2O5S/c1-6-34-26-13-10-23(17-27(26)35-7-2)18-29-28(31)19-30(24-15-21(4)14-22(5)16-24)36(32,33)25-11-8-20(3)9-12-25/h8-17H,6-7,18-19H2,1-5H3,(H,29,31). The van der Waals surface area contributed by atoms with Crippen LogP contribution in [0, 0.1) is 20.8 Å². The highest BCUT2D eigenvalue weighted by atomic mass is 32.2. The van der Waals surface area contributed by atoms with Crippen LogP contribution >= 0.6 is 0 Å². The molecular weight excluding hydrogens is 476 g/mol. The van der Waals surface area contributed by atoms with Gasteiger partial charge in [-0.05, 0) is 87.7 Å². The van der Waals surface area contributed by atoms with Crippen molar-refractivity contribution >= 4 is 21.6 Å². The monoisotopic (exact) mass is 510 g/mol. The van der Waals surface area contributed by atoms with Crippen LogP contribution in [0.3, 0.4) is 0 Å². The van der Waals surface area contributed by atoms with E-state index in [1.54, 1.807) is 42.5 Å². The summed E-state index contributed by atoms with van der Waals surface area (Å²) < 4.78 is 39.6. The average molecular weight is 511 g/mol. The molecule has 0 spiro atoms. The molecule has 0 saturated heterocycles. The number of ether oxygens (including phenoxy) is 2. The van der Waals surface area contributed by atoms with E-state index < -0.39 is 15.9 Å². The van der Waals surface area contributed by atoms with E-state index in [1.165, 1.54) is 0 Å². The summed E-state index contributed by atoms with van der Waals surface area (Å²) in [6.07, 6.45) is 0. The summed E-state index contributed by atoms with van der Waals surface area (Å²) in [5.41, 5.74) is 4.03. The van der Waals surface area contributed by atoms with Gasteiger partial charge in [0.1, 0.15) is 6.54 Å². The summed E-state index contributed by atoms with van der Waals surface area (Å²) in [6, 6.07) is 17.6. The fourth-order valence-electron chi connectivity index (χ4n) is 3.84. The van der Waals surface area contributed by atoms with Crippen molar-refractivity contribution in [1.82, 2.24) is 5.32 Å². The van der Waals surface area contributed by atoms with Crippen LogP contribution in [-0.4, -0.2) is 34.1 Å². The zero-order chi connectivity index (χ0) is 26.3. The van der Waals surface area contributed by atoms with Gasteiger partial charge in [0.25, 0.3) is 10.0 Å². The normalized spacial score (nSPS) is 11.1. The third-order valence-corrected chi connectivity index (χ3v) is 7.28. The van der Waals surface area contributed by atoms with Crippen LogP contribution in [0.5, 0.6) is 11.5 Å². The van der Waals surface area contributed by atoms with Gasteiger partial charge in [0.05, 0.1) is 23.8 Å². The maximum Gasteiger partial charge on any atom is 0.264 e. The van der Waals surface area contributed by atoms with Gasteiger partial charge in [0, 0.05) is 6.54 Å². The van der Waals surface area contributed by atoms with Crippen LogP contribution in [0.25, 0.3) is 0 Å². The number of amides is 1. The van der Waals surface area contributed by atoms with E-state index in [2.05, 4.69) is 5.32 Å². The first kappa shape index (κ1) is 27.1. The van der Waals surface area contributed by atoms with E-state index in [-0.39, 0.29) is 18.0 Å². The number of carbonyl (C=O) groups is 1. The molecule has 0 aliphatic carbocycles. The number of sulfonamides is 1. The molecule has 1 amide bonds. The Labute approximate surface area is 214 Å². The summed E-state index contributed by atoms with van der Waals surface area (Å²) in [7, 11) is -3.97. The van der Waals surface area contributed by atoms with Gasteiger partial charge in [-0.3, -0.25) is 9.10 Å². The molecule has 3 rings (SSSR count). The van der Waals surface area contributed by atoms with Crippen molar-refractivity contribution in [2.75, 3.05) is 24.1 Å². The SMILES string of the molecule is CCOc1ccc(CNC(=O)CN(c2cc(C)cc(C)c2)S(=O)(=O)c2ccc(C)cc2)cc1OCC. The number of anilines is 1. The van der Waals surface area contributed by atoms with Crippen LogP contribution in [0.4, 0.5) is 5.69 Å². The molecule has 3 aromatic carbocycles. The van der Waals surface area contributed by atoms with E-state index in [0.717, 1.165) is 26.6 Å². The zero-order valence-electron chi connectivity index (χ0n) is 21.5. The number of benzene rings is 3. The fraction of sp³-hybridized carbons (Fsp3) is 0.321. The molecule has 0 aliphatic rings. The molecule has 0 fully saturated rings. The first-order valence-electron chi connectivity index (χ1n) is 12.0. The fourth-order valence-corrected chi connectivity index (χ4v) is 5.24. The van der Waals surface area contributed by atoms with Crippen molar-refractivity contribution in [2.45, 2.75) is 46.1 Å². The van der Waals surface area contributed by atoms with Crippen molar-refractivity contribution in [2.24, 2.45) is 0 Å². The molecule has 0 aliphatic heterocycles. The van der Waals surface area contributed by atoms with Gasteiger partial charge >= 0.3 is 0 Å². The summed E-state index contributed by atoms with van der Waals surface area (Å²) in [5.74, 6) is 0.821. The third-order valence-electron chi connectivity index (χ3n) is 5.49. The number of aryl methyl sites for hydroxylation is 3. The smallest absolute Gasteiger partial charge is 0.264 e. The third kappa shape index (κ3) is 6.79.